The summed E-state index contributed by atoms with van der Waals surface area (Å²) in [6.45, 7) is 0. The Morgan fingerprint density at radius 2 is 2.25 bits per heavy atom. The van der Waals surface area contributed by atoms with Gasteiger partial charge in [-0.2, -0.15) is 0 Å². The molecule has 0 heterocycles. The highest BCUT2D eigenvalue weighted by Gasteiger charge is 2.06. The van der Waals surface area contributed by atoms with Gasteiger partial charge in [-0.15, -0.1) is 0 Å². The van der Waals surface area contributed by atoms with E-state index in [2.05, 4.69) is 15.9 Å². The smallest absolute Gasteiger partial charge is 0.335 e. The van der Waals surface area contributed by atoms with Crippen molar-refractivity contribution in [1.29, 1.82) is 0 Å². The van der Waals surface area contributed by atoms with Gasteiger partial charge in [-0.25, -0.2) is 4.79 Å². The van der Waals surface area contributed by atoms with Gasteiger partial charge in [-0.05, 0) is 55.8 Å². The predicted octanol–water partition coefficient (Wildman–Crippen LogP) is 3.39. The van der Waals surface area contributed by atoms with E-state index < -0.39 is 5.97 Å². The molecule has 0 aromatic heterocycles. The van der Waals surface area contributed by atoms with E-state index in [9.17, 15) is 4.79 Å². The van der Waals surface area contributed by atoms with Gasteiger partial charge < -0.3 is 5.11 Å². The maximum atomic E-state index is 10.5. The predicted molar refractivity (Wildman–Crippen MR) is 52.8 cm³/mol. The summed E-state index contributed by atoms with van der Waals surface area (Å²) in [6, 6.07) is 4.70. The van der Waals surface area contributed by atoms with Crippen LogP contribution in [-0.4, -0.2) is 11.1 Å². The lowest BCUT2D eigenvalue weighted by atomic mass is 10.2. The van der Waals surface area contributed by atoms with Crippen molar-refractivity contribution in [2.45, 2.75) is 4.90 Å². The van der Waals surface area contributed by atoms with Crippen molar-refractivity contribution in [1.82, 2.24) is 0 Å². The summed E-state index contributed by atoms with van der Waals surface area (Å²) in [5.41, 5.74) is 0.237. The molecule has 1 rings (SSSR count). The number of carboxylic acid groups (broad SMARTS) is 1. The normalized spacial score (nSPS) is 9.83. The lowest BCUT2D eigenvalue weighted by Gasteiger charge is -1.99. The highest BCUT2D eigenvalue weighted by Crippen LogP contribution is 2.30. The standard InChI is InChI=1S/C7H4BrClO2S/c8-5-2-1-4(7(10)11)3-6(5)12-9/h1-3H,(H,10,11). The van der Waals surface area contributed by atoms with Gasteiger partial charge >= 0.3 is 5.97 Å². The second-order valence-corrected chi connectivity index (χ2v) is 3.94. The first-order valence-electron chi connectivity index (χ1n) is 2.96. The molecule has 12 heavy (non-hydrogen) atoms. The third-order valence-electron chi connectivity index (χ3n) is 1.26. The average Bonchev–Trinajstić information content (AvgIpc) is 2.05. The Kier molecular flexibility index (Phi) is 3.43. The molecule has 0 saturated carbocycles. The molecule has 64 valence electrons. The topological polar surface area (TPSA) is 37.3 Å². The van der Waals surface area contributed by atoms with E-state index in [1.54, 1.807) is 6.07 Å². The fourth-order valence-corrected chi connectivity index (χ4v) is 2.16. The van der Waals surface area contributed by atoms with Gasteiger partial charge in [0.2, 0.25) is 0 Å². The Morgan fingerprint density at radius 1 is 1.58 bits per heavy atom. The zero-order valence-electron chi connectivity index (χ0n) is 5.75. The average molecular weight is 268 g/mol. The molecular weight excluding hydrogens is 263 g/mol. The largest absolute Gasteiger partial charge is 0.478 e. The monoisotopic (exact) mass is 266 g/mol. The molecule has 1 N–H and O–H groups in total. The third-order valence-corrected chi connectivity index (χ3v) is 3.22. The Bertz CT molecular complexity index is 316. The number of carboxylic acids is 1. The molecule has 0 unspecified atom stereocenters. The van der Waals surface area contributed by atoms with Gasteiger partial charge in [0.05, 0.1) is 5.56 Å². The van der Waals surface area contributed by atoms with Gasteiger partial charge in [0, 0.05) is 9.37 Å². The van der Waals surface area contributed by atoms with E-state index in [4.69, 9.17) is 15.8 Å². The number of hydrogen-bond acceptors (Lipinski definition) is 2. The molecule has 0 amide bonds. The molecule has 0 aliphatic rings. The Morgan fingerprint density at radius 3 is 2.75 bits per heavy atom. The van der Waals surface area contributed by atoms with Crippen molar-refractivity contribution >= 4 is 43.6 Å². The fourth-order valence-electron chi connectivity index (χ4n) is 0.696. The fraction of sp³-hybridized carbons (Fsp3) is 0. The van der Waals surface area contributed by atoms with Crippen molar-refractivity contribution in [3.63, 3.8) is 0 Å². The second-order valence-electron chi connectivity index (χ2n) is 2.03. The molecule has 0 saturated heterocycles. The lowest BCUT2D eigenvalue weighted by Crippen LogP contribution is -1.95. The summed E-state index contributed by atoms with van der Waals surface area (Å²) in [6.07, 6.45) is 0. The molecule has 0 bridgehead atoms. The maximum absolute atomic E-state index is 10.5. The number of carbonyl (C=O) groups is 1. The first-order chi connectivity index (χ1) is 5.65. The molecule has 1 aromatic rings. The lowest BCUT2D eigenvalue weighted by molar-refractivity contribution is 0.0696. The van der Waals surface area contributed by atoms with Crippen molar-refractivity contribution in [2.24, 2.45) is 0 Å². The summed E-state index contributed by atoms with van der Waals surface area (Å²) in [5, 5.41) is 8.63. The molecule has 0 aliphatic carbocycles. The van der Waals surface area contributed by atoms with Crippen LogP contribution in [0.5, 0.6) is 0 Å². The highest BCUT2D eigenvalue weighted by atomic mass is 79.9. The van der Waals surface area contributed by atoms with Gasteiger partial charge in [-0.3, -0.25) is 0 Å². The van der Waals surface area contributed by atoms with Crippen LogP contribution >= 0.6 is 37.6 Å². The summed E-state index contributed by atoms with van der Waals surface area (Å²) >= 11 is 3.24. The van der Waals surface area contributed by atoms with Crippen LogP contribution in [0.4, 0.5) is 0 Å². The zero-order valence-corrected chi connectivity index (χ0v) is 8.91. The number of hydrogen-bond donors (Lipinski definition) is 1. The van der Waals surface area contributed by atoms with Crippen LogP contribution < -0.4 is 0 Å². The Hall–Kier alpha value is -0.190. The summed E-state index contributed by atoms with van der Waals surface area (Å²) in [4.78, 5) is 11.2. The molecule has 0 aliphatic heterocycles. The van der Waals surface area contributed by atoms with Crippen molar-refractivity contribution in [3.8, 4) is 0 Å². The second kappa shape index (κ2) is 4.16. The van der Waals surface area contributed by atoms with E-state index in [1.807, 2.05) is 0 Å². The highest BCUT2D eigenvalue weighted by molar-refractivity contribution is 9.10. The van der Waals surface area contributed by atoms with Crippen LogP contribution in [0, 0.1) is 0 Å². The third kappa shape index (κ3) is 2.15. The number of rotatable bonds is 2. The Balaban J connectivity index is 3.13. The van der Waals surface area contributed by atoms with Crippen molar-refractivity contribution in [2.75, 3.05) is 0 Å². The SMILES string of the molecule is O=C(O)c1ccc(Br)c(SCl)c1. The first kappa shape index (κ1) is 9.89. The molecular formula is C7H4BrClO2S. The Labute approximate surface area is 86.5 Å². The minimum Gasteiger partial charge on any atom is -0.478 e. The molecule has 5 heteroatoms. The van der Waals surface area contributed by atoms with E-state index in [1.165, 1.54) is 12.1 Å². The molecule has 1 aromatic carbocycles. The van der Waals surface area contributed by atoms with Gasteiger partial charge in [0.25, 0.3) is 0 Å². The summed E-state index contributed by atoms with van der Waals surface area (Å²) in [5.74, 6) is -0.950. The minimum absolute atomic E-state index is 0.237. The van der Waals surface area contributed by atoms with Crippen molar-refractivity contribution < 1.29 is 9.90 Å². The van der Waals surface area contributed by atoms with Gasteiger partial charge in [0.15, 0.2) is 0 Å². The van der Waals surface area contributed by atoms with Crippen LogP contribution in [0.1, 0.15) is 10.4 Å². The van der Waals surface area contributed by atoms with Crippen molar-refractivity contribution in [3.05, 3.63) is 28.2 Å². The number of aromatic carboxylic acids is 1. The quantitative estimate of drug-likeness (QED) is 0.892. The maximum Gasteiger partial charge on any atom is 0.335 e. The number of halogens is 2. The zero-order chi connectivity index (χ0) is 9.14. The van der Waals surface area contributed by atoms with E-state index >= 15 is 0 Å². The van der Waals surface area contributed by atoms with Crippen LogP contribution in [0.25, 0.3) is 0 Å². The number of benzene rings is 1. The first-order valence-corrected chi connectivity index (χ1v) is 5.40. The molecule has 0 atom stereocenters. The molecule has 0 fully saturated rings. The van der Waals surface area contributed by atoms with Crippen LogP contribution in [0.15, 0.2) is 27.6 Å². The van der Waals surface area contributed by atoms with Gasteiger partial charge in [0.1, 0.15) is 0 Å². The van der Waals surface area contributed by atoms with Crippen LogP contribution in [0.3, 0.4) is 0 Å². The van der Waals surface area contributed by atoms with Crippen LogP contribution in [0.2, 0.25) is 0 Å². The summed E-state index contributed by atoms with van der Waals surface area (Å²) < 4.78 is 0.799. The molecule has 0 spiro atoms. The van der Waals surface area contributed by atoms with Gasteiger partial charge in [-0.1, -0.05) is 0 Å². The van der Waals surface area contributed by atoms with E-state index in [-0.39, 0.29) is 5.56 Å². The summed E-state index contributed by atoms with van der Waals surface area (Å²) in [7, 11) is 6.49. The van der Waals surface area contributed by atoms with E-state index in [0.717, 1.165) is 15.4 Å². The molecule has 0 radical (unpaired) electrons. The minimum atomic E-state index is -0.950. The van der Waals surface area contributed by atoms with Crippen LogP contribution in [-0.2, 0) is 0 Å². The van der Waals surface area contributed by atoms with E-state index in [0.29, 0.717) is 4.90 Å². The molecule has 2 nitrogen and oxygen atoms in total.